The van der Waals surface area contributed by atoms with Crippen molar-refractivity contribution < 1.29 is 19.5 Å². The van der Waals surface area contributed by atoms with Gasteiger partial charge in [0.05, 0.1) is 5.69 Å². The third-order valence-corrected chi connectivity index (χ3v) is 3.09. The van der Waals surface area contributed by atoms with E-state index in [1.807, 2.05) is 6.92 Å². The Morgan fingerprint density at radius 2 is 2.14 bits per heavy atom. The van der Waals surface area contributed by atoms with E-state index in [-0.39, 0.29) is 25.3 Å². The fourth-order valence-electron chi connectivity index (χ4n) is 1.87. The first kappa shape index (κ1) is 17.8. The van der Waals surface area contributed by atoms with Gasteiger partial charge in [-0.05, 0) is 6.42 Å². The molecule has 0 fully saturated rings. The van der Waals surface area contributed by atoms with Gasteiger partial charge in [0.25, 0.3) is 0 Å². The quantitative estimate of drug-likeness (QED) is 0.597. The molecule has 1 aromatic rings. The zero-order valence-electron chi connectivity index (χ0n) is 12.6. The lowest BCUT2D eigenvalue weighted by atomic mass is 10.1. The van der Waals surface area contributed by atoms with Gasteiger partial charge in [-0.25, -0.2) is 9.78 Å². The van der Waals surface area contributed by atoms with Crippen LogP contribution in [0.15, 0.2) is 12.5 Å². The standard InChI is InChI=1S/C14H22N4O4/c1-2-3-4-13(20)18-8-10(16-9-18)7-11(14(21)22)17-12(19)5-6-15/h8-9,11H,2-7,15H2,1H3,(H,17,19)(H,21,22)/t11-/m0/s1. The summed E-state index contributed by atoms with van der Waals surface area (Å²) in [6, 6.07) is -1.09. The van der Waals surface area contributed by atoms with Crippen LogP contribution in [-0.2, 0) is 16.0 Å². The molecule has 8 heteroatoms. The lowest BCUT2D eigenvalue weighted by Gasteiger charge is -2.12. The van der Waals surface area contributed by atoms with Crippen LogP contribution < -0.4 is 11.1 Å². The number of nitrogens with two attached hydrogens (primary N) is 1. The molecule has 0 aliphatic carbocycles. The molecule has 1 aromatic heterocycles. The van der Waals surface area contributed by atoms with Crippen LogP contribution in [0.5, 0.6) is 0 Å². The van der Waals surface area contributed by atoms with Gasteiger partial charge in [-0.1, -0.05) is 13.3 Å². The number of imidazole rings is 1. The molecule has 0 spiro atoms. The van der Waals surface area contributed by atoms with E-state index in [0.717, 1.165) is 12.8 Å². The van der Waals surface area contributed by atoms with Gasteiger partial charge in [0.1, 0.15) is 12.4 Å². The van der Waals surface area contributed by atoms with Crippen molar-refractivity contribution in [3.05, 3.63) is 18.2 Å². The Morgan fingerprint density at radius 3 is 2.73 bits per heavy atom. The van der Waals surface area contributed by atoms with Crippen molar-refractivity contribution in [2.24, 2.45) is 5.73 Å². The average molecular weight is 310 g/mol. The van der Waals surface area contributed by atoms with Crippen molar-refractivity contribution in [2.75, 3.05) is 6.54 Å². The molecule has 1 amide bonds. The van der Waals surface area contributed by atoms with Crippen molar-refractivity contribution in [3.8, 4) is 0 Å². The van der Waals surface area contributed by atoms with E-state index in [2.05, 4.69) is 10.3 Å². The topological polar surface area (TPSA) is 127 Å². The number of nitrogens with one attached hydrogen (secondary N) is 1. The Kier molecular flexibility index (Phi) is 7.24. The Morgan fingerprint density at radius 1 is 1.41 bits per heavy atom. The Hall–Kier alpha value is -2.22. The molecule has 8 nitrogen and oxygen atoms in total. The molecule has 0 radical (unpaired) electrons. The van der Waals surface area contributed by atoms with Gasteiger partial charge in [0.15, 0.2) is 0 Å². The number of aromatic nitrogens is 2. The van der Waals surface area contributed by atoms with Crippen molar-refractivity contribution in [2.45, 2.75) is 45.1 Å². The first-order chi connectivity index (χ1) is 10.5. The van der Waals surface area contributed by atoms with E-state index >= 15 is 0 Å². The average Bonchev–Trinajstić information content (AvgIpc) is 2.93. The molecule has 0 saturated carbocycles. The molecule has 122 valence electrons. The summed E-state index contributed by atoms with van der Waals surface area (Å²) in [5.74, 6) is -1.66. The molecule has 0 aliphatic heterocycles. The summed E-state index contributed by atoms with van der Waals surface area (Å²) in [7, 11) is 0. The van der Waals surface area contributed by atoms with Crippen LogP contribution in [0, 0.1) is 0 Å². The van der Waals surface area contributed by atoms with Crippen LogP contribution in [0.2, 0.25) is 0 Å². The van der Waals surface area contributed by atoms with Gasteiger partial charge in [-0.15, -0.1) is 0 Å². The van der Waals surface area contributed by atoms with Gasteiger partial charge in [-0.2, -0.15) is 0 Å². The summed E-state index contributed by atoms with van der Waals surface area (Å²) in [5, 5.41) is 11.5. The molecule has 1 atom stereocenters. The van der Waals surface area contributed by atoms with Crippen LogP contribution in [0.1, 0.15) is 43.1 Å². The van der Waals surface area contributed by atoms with Crippen LogP contribution in [-0.4, -0.2) is 45.0 Å². The number of aliphatic carboxylic acids is 1. The number of carboxylic acids is 1. The maximum absolute atomic E-state index is 11.8. The summed E-state index contributed by atoms with van der Waals surface area (Å²) in [5.41, 5.74) is 5.68. The zero-order valence-corrected chi connectivity index (χ0v) is 12.6. The minimum Gasteiger partial charge on any atom is -0.480 e. The lowest BCUT2D eigenvalue weighted by Crippen LogP contribution is -2.42. The van der Waals surface area contributed by atoms with Gasteiger partial charge in [0, 0.05) is 32.0 Å². The first-order valence-electron chi connectivity index (χ1n) is 7.26. The van der Waals surface area contributed by atoms with E-state index in [1.54, 1.807) is 0 Å². The highest BCUT2D eigenvalue weighted by Crippen LogP contribution is 2.05. The second-order valence-electron chi connectivity index (χ2n) is 4.97. The largest absolute Gasteiger partial charge is 0.480 e. The predicted octanol–water partition coefficient (Wildman–Crippen LogP) is 0.174. The minimum absolute atomic E-state index is 0.0136. The van der Waals surface area contributed by atoms with E-state index in [0.29, 0.717) is 12.1 Å². The third kappa shape index (κ3) is 5.65. The molecule has 4 N–H and O–H groups in total. The lowest BCUT2D eigenvalue weighted by molar-refractivity contribution is -0.141. The van der Waals surface area contributed by atoms with Gasteiger partial charge in [-0.3, -0.25) is 14.2 Å². The Balaban J connectivity index is 2.66. The van der Waals surface area contributed by atoms with Gasteiger partial charge < -0.3 is 16.2 Å². The number of rotatable bonds is 9. The maximum atomic E-state index is 11.8. The van der Waals surface area contributed by atoms with E-state index < -0.39 is 17.9 Å². The van der Waals surface area contributed by atoms with Crippen LogP contribution in [0.25, 0.3) is 0 Å². The number of hydrogen-bond acceptors (Lipinski definition) is 5. The highest BCUT2D eigenvalue weighted by molar-refractivity contribution is 5.83. The summed E-state index contributed by atoms with van der Waals surface area (Å²) >= 11 is 0. The summed E-state index contributed by atoms with van der Waals surface area (Å²) in [6.45, 7) is 2.15. The second-order valence-corrected chi connectivity index (χ2v) is 4.97. The van der Waals surface area contributed by atoms with Crippen molar-refractivity contribution in [1.29, 1.82) is 0 Å². The SMILES string of the molecule is CCCCC(=O)n1cnc(C[C@H](NC(=O)CCN)C(=O)O)c1. The van der Waals surface area contributed by atoms with Crippen molar-refractivity contribution in [3.63, 3.8) is 0 Å². The van der Waals surface area contributed by atoms with E-state index in [4.69, 9.17) is 10.8 Å². The Bertz CT molecular complexity index is 527. The number of nitrogens with zero attached hydrogens (tertiary/aromatic N) is 2. The number of carbonyl (C=O) groups is 3. The fourth-order valence-corrected chi connectivity index (χ4v) is 1.87. The normalized spacial score (nSPS) is 11.9. The minimum atomic E-state index is -1.16. The number of amides is 1. The molecule has 0 bridgehead atoms. The summed E-state index contributed by atoms with van der Waals surface area (Å²) < 4.78 is 1.35. The predicted molar refractivity (Wildman–Crippen MR) is 79.3 cm³/mol. The molecule has 0 saturated heterocycles. The van der Waals surface area contributed by atoms with E-state index in [9.17, 15) is 14.4 Å². The van der Waals surface area contributed by atoms with Crippen molar-refractivity contribution >= 4 is 17.8 Å². The molecule has 1 rings (SSSR count). The molecule has 0 unspecified atom stereocenters. The fraction of sp³-hybridized carbons (Fsp3) is 0.571. The van der Waals surface area contributed by atoms with Crippen LogP contribution >= 0.6 is 0 Å². The highest BCUT2D eigenvalue weighted by Gasteiger charge is 2.21. The number of hydrogen-bond donors (Lipinski definition) is 3. The molecule has 0 aliphatic rings. The smallest absolute Gasteiger partial charge is 0.326 e. The maximum Gasteiger partial charge on any atom is 0.326 e. The molecule has 0 aromatic carbocycles. The monoisotopic (exact) mass is 310 g/mol. The summed E-state index contributed by atoms with van der Waals surface area (Å²) in [6.07, 6.45) is 5.08. The second kappa shape index (κ2) is 8.93. The molecule has 1 heterocycles. The van der Waals surface area contributed by atoms with Crippen molar-refractivity contribution in [1.82, 2.24) is 14.9 Å². The van der Waals surface area contributed by atoms with Crippen LogP contribution in [0.3, 0.4) is 0 Å². The number of carboxylic acid groups (broad SMARTS) is 1. The van der Waals surface area contributed by atoms with E-state index in [1.165, 1.54) is 17.1 Å². The number of unbranched alkanes of at least 4 members (excludes halogenated alkanes) is 1. The van der Waals surface area contributed by atoms with Gasteiger partial charge in [0.2, 0.25) is 11.8 Å². The summed E-state index contributed by atoms with van der Waals surface area (Å²) in [4.78, 5) is 38.5. The first-order valence-corrected chi connectivity index (χ1v) is 7.26. The molecule has 22 heavy (non-hydrogen) atoms. The van der Waals surface area contributed by atoms with Gasteiger partial charge >= 0.3 is 5.97 Å². The molecular formula is C14H22N4O4. The zero-order chi connectivity index (χ0) is 16.5. The molecular weight excluding hydrogens is 288 g/mol. The third-order valence-electron chi connectivity index (χ3n) is 3.09. The van der Waals surface area contributed by atoms with Crippen LogP contribution in [0.4, 0.5) is 0 Å². The number of carbonyl (C=O) groups excluding carboxylic acids is 2. The highest BCUT2D eigenvalue weighted by atomic mass is 16.4. The Labute approximate surface area is 128 Å².